The van der Waals surface area contributed by atoms with E-state index < -0.39 is 36.4 Å². The third-order valence-electron chi connectivity index (χ3n) is 13.5. The molecule has 2 aliphatic carbocycles. The Morgan fingerprint density at radius 1 is 0.667 bits per heavy atom. The van der Waals surface area contributed by atoms with E-state index in [4.69, 9.17) is 19.4 Å². The van der Waals surface area contributed by atoms with Crippen LogP contribution in [0, 0.1) is 17.3 Å². The van der Waals surface area contributed by atoms with Crippen molar-refractivity contribution in [3.8, 4) is 33.6 Å². The number of carbonyl (C=O) groups excluding carboxylic acids is 4. The van der Waals surface area contributed by atoms with Crippen molar-refractivity contribution in [1.29, 1.82) is 0 Å². The topological polar surface area (TPSA) is 175 Å². The first-order valence-corrected chi connectivity index (χ1v) is 22.2. The van der Waals surface area contributed by atoms with Gasteiger partial charge in [0, 0.05) is 18.7 Å². The number of carbonyl (C=O) groups is 4. The summed E-state index contributed by atoms with van der Waals surface area (Å²) in [6.45, 7) is 12.5. The van der Waals surface area contributed by atoms with Crippen molar-refractivity contribution in [2.24, 2.45) is 17.3 Å². The van der Waals surface area contributed by atoms with Gasteiger partial charge in [0.2, 0.25) is 11.8 Å². The summed E-state index contributed by atoms with van der Waals surface area (Å²) in [6, 6.07) is 10.8. The van der Waals surface area contributed by atoms with E-state index in [9.17, 15) is 19.2 Å². The largest absolute Gasteiger partial charge is 0.453 e. The fourth-order valence-corrected chi connectivity index (χ4v) is 10.2. The molecule has 1 saturated carbocycles. The van der Waals surface area contributed by atoms with E-state index in [1.165, 1.54) is 56.6 Å². The molecule has 14 nitrogen and oxygen atoms in total. The normalized spacial score (nSPS) is 19.9. The lowest BCUT2D eigenvalue weighted by Crippen LogP contribution is -2.51. The number of fused-ring (bicyclic) bond motifs is 1. The average Bonchev–Trinajstić information content (AvgIpc) is 4.14. The Morgan fingerprint density at radius 2 is 1.11 bits per heavy atom. The minimum absolute atomic E-state index is 0.139. The van der Waals surface area contributed by atoms with Gasteiger partial charge in [-0.1, -0.05) is 100 Å². The Labute approximate surface area is 369 Å². The van der Waals surface area contributed by atoms with Gasteiger partial charge in [0.15, 0.2) is 0 Å². The quantitative estimate of drug-likeness (QED) is 0.109. The van der Waals surface area contributed by atoms with Crippen LogP contribution in [0.15, 0.2) is 72.1 Å². The Kier molecular flexibility index (Phi) is 12.1. The summed E-state index contributed by atoms with van der Waals surface area (Å²) in [5.41, 5.74) is 11.4. The minimum atomic E-state index is -0.735. The van der Waals surface area contributed by atoms with Gasteiger partial charge < -0.3 is 39.9 Å². The molecule has 4 amide bonds. The van der Waals surface area contributed by atoms with Gasteiger partial charge in [0.1, 0.15) is 35.8 Å². The highest BCUT2D eigenvalue weighted by Crippen LogP contribution is 2.53. The van der Waals surface area contributed by atoms with Crippen molar-refractivity contribution in [1.82, 2.24) is 40.4 Å². The molecule has 0 bridgehead atoms. The van der Waals surface area contributed by atoms with Crippen molar-refractivity contribution in [3.63, 3.8) is 0 Å². The van der Waals surface area contributed by atoms with E-state index >= 15 is 0 Å². The highest BCUT2D eigenvalue weighted by Gasteiger charge is 2.43. The molecule has 4 N–H and O–H groups in total. The monoisotopic (exact) mass is 856 g/mol. The predicted molar refractivity (Wildman–Crippen MR) is 240 cm³/mol. The van der Waals surface area contributed by atoms with Crippen LogP contribution in [0.5, 0.6) is 0 Å². The van der Waals surface area contributed by atoms with Crippen LogP contribution in [0.2, 0.25) is 0 Å². The highest BCUT2D eigenvalue weighted by atomic mass is 16.5. The molecule has 3 unspecified atom stereocenters. The molecule has 1 fully saturated rings. The standard InChI is InChI=1S/C49H60N8O6/c1-27(2)41(54-47(60)62-7)45(58)56-25-29(5)19-39(56)43-50-23-37(52-43)32-13-11-31(12-14-32)33-15-16-34(36-22-49(21-35(33)36)17-9-10-18-49)38-24-51-44(53-38)40-20-30(6)26-57(40)46(59)42(28(3)4)55-48(61)63-8/h11-16,19-20,23-24,27-28,39-42H,9-10,17-18,21-22,25-26H2,1-8H3,(H,50,52)(H,51,53)(H,54,60)(H,55,61)/t39?,40?,41-,42?/m0/s1. The predicted octanol–water partition coefficient (Wildman–Crippen LogP) is 8.21. The third-order valence-corrected chi connectivity index (χ3v) is 13.5. The maximum absolute atomic E-state index is 13.9. The summed E-state index contributed by atoms with van der Waals surface area (Å²) < 4.78 is 9.63. The summed E-state index contributed by atoms with van der Waals surface area (Å²) in [4.78, 5) is 72.3. The molecule has 4 heterocycles. The van der Waals surface area contributed by atoms with Gasteiger partial charge in [-0.15, -0.1) is 0 Å². The lowest BCUT2D eigenvalue weighted by atomic mass is 9.82. The molecule has 2 aromatic heterocycles. The molecule has 1 spiro atoms. The molecule has 2 aromatic carbocycles. The molecular weight excluding hydrogens is 797 g/mol. The number of ether oxygens (including phenoxy) is 2. The Bertz CT molecular complexity index is 2460. The van der Waals surface area contributed by atoms with Crippen LogP contribution in [0.25, 0.3) is 33.6 Å². The summed E-state index contributed by atoms with van der Waals surface area (Å²) >= 11 is 0. The van der Waals surface area contributed by atoms with E-state index in [2.05, 4.69) is 63.1 Å². The van der Waals surface area contributed by atoms with Gasteiger partial charge in [-0.25, -0.2) is 19.6 Å². The van der Waals surface area contributed by atoms with Crippen LogP contribution in [-0.2, 0) is 31.9 Å². The highest BCUT2D eigenvalue weighted by molar-refractivity contribution is 5.88. The van der Waals surface area contributed by atoms with E-state index in [0.29, 0.717) is 24.7 Å². The molecule has 2 aliphatic heterocycles. The molecule has 8 rings (SSSR count). The molecule has 0 saturated heterocycles. The van der Waals surface area contributed by atoms with Gasteiger partial charge in [-0.2, -0.15) is 0 Å². The van der Waals surface area contributed by atoms with Crippen LogP contribution in [-0.4, -0.2) is 93.1 Å². The van der Waals surface area contributed by atoms with Crippen molar-refractivity contribution in [3.05, 3.63) is 94.9 Å². The molecule has 14 heteroatoms. The van der Waals surface area contributed by atoms with Crippen LogP contribution in [0.3, 0.4) is 0 Å². The second-order valence-electron chi connectivity index (χ2n) is 18.7. The zero-order valence-electron chi connectivity index (χ0n) is 37.6. The molecule has 4 aromatic rings. The second kappa shape index (κ2) is 17.5. The van der Waals surface area contributed by atoms with Crippen molar-refractivity contribution >= 4 is 24.0 Å². The number of alkyl carbamates (subject to hydrolysis) is 2. The Hall–Kier alpha value is -6.18. The Morgan fingerprint density at radius 3 is 1.60 bits per heavy atom. The lowest BCUT2D eigenvalue weighted by molar-refractivity contribution is -0.135. The number of imidazole rings is 2. The van der Waals surface area contributed by atoms with Crippen molar-refractivity contribution in [2.75, 3.05) is 27.3 Å². The van der Waals surface area contributed by atoms with Gasteiger partial charge in [0.25, 0.3) is 0 Å². The summed E-state index contributed by atoms with van der Waals surface area (Å²) in [5, 5.41) is 5.45. The van der Waals surface area contributed by atoms with Gasteiger partial charge in [-0.05, 0) is 84.6 Å². The maximum Gasteiger partial charge on any atom is 0.407 e. The zero-order chi connectivity index (χ0) is 44.7. The fourth-order valence-electron chi connectivity index (χ4n) is 10.2. The lowest BCUT2D eigenvalue weighted by Gasteiger charge is -2.30. The number of aromatic nitrogens is 4. The molecule has 4 aliphatic rings. The number of aromatic amines is 2. The number of methoxy groups -OCH3 is 2. The number of nitrogens with one attached hydrogen (secondary N) is 4. The minimum Gasteiger partial charge on any atom is -0.453 e. The fraction of sp³-hybridized carbons (Fsp3) is 0.469. The number of rotatable bonds is 11. The number of nitrogens with zero attached hydrogens (tertiary/aromatic N) is 4. The molecule has 332 valence electrons. The number of benzene rings is 2. The SMILES string of the molecule is COC(=O)NC(C(=O)N1CC(C)=CC1c1ncc(-c2ccc(-c3ccc(-c4cnc(C5C=C(C)CN5C(=O)[C@@H](NC(=O)OC)C(C)C)[nH]4)cc3)c3c2CC2(CCCC2)C3)[nH]1)C(C)C. The van der Waals surface area contributed by atoms with Crippen LogP contribution in [0.1, 0.15) is 102 Å². The maximum atomic E-state index is 13.9. The second-order valence-corrected chi connectivity index (χ2v) is 18.7. The van der Waals surface area contributed by atoms with Crippen LogP contribution < -0.4 is 10.6 Å². The average molecular weight is 857 g/mol. The number of hydrogen-bond donors (Lipinski definition) is 4. The van der Waals surface area contributed by atoms with Crippen LogP contribution >= 0.6 is 0 Å². The summed E-state index contributed by atoms with van der Waals surface area (Å²) in [7, 11) is 2.59. The van der Waals surface area contributed by atoms with E-state index in [1.54, 1.807) is 9.80 Å². The molecule has 0 radical (unpaired) electrons. The van der Waals surface area contributed by atoms with Gasteiger partial charge in [-0.3, -0.25) is 9.59 Å². The van der Waals surface area contributed by atoms with Gasteiger partial charge >= 0.3 is 12.2 Å². The molecular formula is C49H60N8O6. The molecule has 4 atom stereocenters. The number of hydrogen-bond acceptors (Lipinski definition) is 8. The van der Waals surface area contributed by atoms with Gasteiger partial charge in [0.05, 0.1) is 38.0 Å². The van der Waals surface area contributed by atoms with E-state index in [1.807, 2.05) is 60.0 Å². The number of amides is 4. The first-order valence-electron chi connectivity index (χ1n) is 22.2. The smallest absolute Gasteiger partial charge is 0.407 e. The van der Waals surface area contributed by atoms with E-state index in [0.717, 1.165) is 52.1 Å². The van der Waals surface area contributed by atoms with Crippen LogP contribution in [0.4, 0.5) is 9.59 Å². The van der Waals surface area contributed by atoms with E-state index in [-0.39, 0.29) is 29.1 Å². The first-order chi connectivity index (χ1) is 30.2. The Balaban J connectivity index is 1.05. The third kappa shape index (κ3) is 8.51. The first kappa shape index (κ1) is 43.5. The summed E-state index contributed by atoms with van der Waals surface area (Å²) in [5.74, 6) is 0.705. The molecule has 63 heavy (non-hydrogen) atoms. The van der Waals surface area contributed by atoms with Crippen molar-refractivity contribution < 1.29 is 28.7 Å². The zero-order valence-corrected chi connectivity index (χ0v) is 37.6. The number of H-pyrrole nitrogens is 2. The summed E-state index contributed by atoms with van der Waals surface area (Å²) in [6.07, 6.45) is 13.5. The van der Waals surface area contributed by atoms with Crippen molar-refractivity contribution in [2.45, 2.75) is 104 Å².